The molecule has 0 spiro atoms. The average molecular weight is 253 g/mol. The van der Waals surface area contributed by atoms with Crippen molar-refractivity contribution in [2.45, 2.75) is 70.2 Å². The Kier molecular flexibility index (Phi) is 3.79. The molecule has 0 amide bonds. The smallest absolute Gasteiger partial charge is 0.184 e. The minimum absolute atomic E-state index is 0.158. The summed E-state index contributed by atoms with van der Waals surface area (Å²) in [5, 5.41) is 0. The fourth-order valence-corrected chi connectivity index (χ4v) is 4.84. The van der Waals surface area contributed by atoms with Gasteiger partial charge in [0.15, 0.2) is 8.32 Å². The lowest BCUT2D eigenvalue weighted by Crippen LogP contribution is -2.51. The van der Waals surface area contributed by atoms with Crippen LogP contribution in [0.1, 0.15) is 44.9 Å². The lowest BCUT2D eigenvalue weighted by atomic mass is 9.72. The molecule has 2 fully saturated rings. The summed E-state index contributed by atoms with van der Waals surface area (Å²) in [5.41, 5.74) is -0.198. The van der Waals surface area contributed by atoms with E-state index in [0.717, 1.165) is 32.1 Å². The molecule has 0 N–H and O–H groups in total. The summed E-state index contributed by atoms with van der Waals surface area (Å²) in [6.07, 6.45) is 9.69. The molecule has 2 aliphatic rings. The van der Waals surface area contributed by atoms with E-state index in [1.807, 2.05) is 0 Å². The standard InChI is InChI=1S/C14H25O2Si/c1-17(2,3)16-14-10-6-4-8-12(14)13(15)9-5-7-11-14/h11-12H,4-10H2,1-3H3/t12?,14-/m0/s1. The zero-order valence-electron chi connectivity index (χ0n) is 11.4. The summed E-state index contributed by atoms with van der Waals surface area (Å²) < 4.78 is 6.48. The first kappa shape index (κ1) is 13.3. The molecule has 3 heteroatoms. The van der Waals surface area contributed by atoms with E-state index in [4.69, 9.17) is 4.43 Å². The number of Topliss-reactive ketones (excluding diaryl/α,β-unsaturated/α-hetero) is 1. The Hall–Kier alpha value is -0.153. The largest absolute Gasteiger partial charge is 0.411 e. The number of carbonyl (C=O) groups excluding carboxylic acids is 1. The average Bonchev–Trinajstić information content (AvgIpc) is 2.36. The maximum absolute atomic E-state index is 12.3. The van der Waals surface area contributed by atoms with Crippen LogP contribution < -0.4 is 0 Å². The Labute approximate surface area is 106 Å². The molecule has 2 rings (SSSR count). The number of rotatable bonds is 2. The highest BCUT2D eigenvalue weighted by atomic mass is 28.4. The third-order valence-electron chi connectivity index (χ3n) is 3.90. The fourth-order valence-electron chi connectivity index (χ4n) is 3.38. The molecule has 0 aromatic heterocycles. The number of fused-ring (bicyclic) bond motifs is 1. The van der Waals surface area contributed by atoms with E-state index in [-0.39, 0.29) is 11.5 Å². The second-order valence-corrected chi connectivity index (χ2v) is 11.0. The monoisotopic (exact) mass is 253 g/mol. The molecule has 17 heavy (non-hydrogen) atoms. The van der Waals surface area contributed by atoms with Crippen LogP contribution in [0.3, 0.4) is 0 Å². The Balaban J connectivity index is 2.25. The highest BCUT2D eigenvalue weighted by Crippen LogP contribution is 2.44. The van der Waals surface area contributed by atoms with Crippen LogP contribution in [-0.4, -0.2) is 19.7 Å². The Morgan fingerprint density at radius 3 is 2.76 bits per heavy atom. The second-order valence-electron chi connectivity index (χ2n) is 6.53. The molecular weight excluding hydrogens is 228 g/mol. The van der Waals surface area contributed by atoms with Gasteiger partial charge in [0.2, 0.25) is 0 Å². The maximum Gasteiger partial charge on any atom is 0.184 e. The third kappa shape index (κ3) is 3.00. The molecule has 0 heterocycles. The Morgan fingerprint density at radius 1 is 1.29 bits per heavy atom. The summed E-state index contributed by atoms with van der Waals surface area (Å²) in [4.78, 5) is 12.3. The lowest BCUT2D eigenvalue weighted by Gasteiger charge is -2.46. The van der Waals surface area contributed by atoms with Gasteiger partial charge in [-0.2, -0.15) is 0 Å². The van der Waals surface area contributed by atoms with Gasteiger partial charge in [0.05, 0.1) is 5.60 Å². The molecule has 0 aromatic rings. The van der Waals surface area contributed by atoms with Gasteiger partial charge in [-0.15, -0.1) is 0 Å². The van der Waals surface area contributed by atoms with Crippen molar-refractivity contribution in [1.29, 1.82) is 0 Å². The molecule has 1 unspecified atom stereocenters. The Bertz CT molecular complexity index is 295. The number of ketones is 1. The van der Waals surface area contributed by atoms with E-state index in [1.54, 1.807) is 0 Å². The topological polar surface area (TPSA) is 26.3 Å². The number of hydrogen-bond donors (Lipinski definition) is 0. The van der Waals surface area contributed by atoms with E-state index in [1.165, 1.54) is 12.8 Å². The highest BCUT2D eigenvalue weighted by molar-refractivity contribution is 6.69. The van der Waals surface area contributed by atoms with Crippen LogP contribution in [0.4, 0.5) is 0 Å². The summed E-state index contributed by atoms with van der Waals surface area (Å²) in [5.74, 6) is 0.613. The zero-order valence-corrected chi connectivity index (χ0v) is 12.4. The van der Waals surface area contributed by atoms with Crippen LogP contribution in [0, 0.1) is 12.3 Å². The third-order valence-corrected chi connectivity index (χ3v) is 4.89. The predicted molar refractivity (Wildman–Crippen MR) is 72.3 cm³/mol. The normalized spacial score (nSPS) is 35.2. The van der Waals surface area contributed by atoms with Crippen LogP contribution >= 0.6 is 0 Å². The van der Waals surface area contributed by atoms with Crippen LogP contribution in [0.5, 0.6) is 0 Å². The summed E-state index contributed by atoms with van der Waals surface area (Å²) >= 11 is 0. The SMILES string of the molecule is C[Si](C)(C)O[C@@]12[CH]CCCC(=O)C1CCCC2. The molecule has 0 aliphatic heterocycles. The van der Waals surface area contributed by atoms with Gasteiger partial charge in [0.25, 0.3) is 0 Å². The molecule has 2 saturated carbocycles. The van der Waals surface area contributed by atoms with Crippen LogP contribution in [-0.2, 0) is 9.22 Å². The summed E-state index contributed by atoms with van der Waals surface area (Å²) in [6, 6.07) is 0. The Morgan fingerprint density at radius 2 is 2.06 bits per heavy atom. The van der Waals surface area contributed by atoms with Gasteiger partial charge < -0.3 is 4.43 Å². The van der Waals surface area contributed by atoms with Crippen molar-refractivity contribution in [3.63, 3.8) is 0 Å². The van der Waals surface area contributed by atoms with Crippen molar-refractivity contribution >= 4 is 14.1 Å². The first-order valence-electron chi connectivity index (χ1n) is 7.00. The van der Waals surface area contributed by atoms with Crippen molar-refractivity contribution in [2.24, 2.45) is 5.92 Å². The molecule has 2 atom stereocenters. The van der Waals surface area contributed by atoms with Crippen molar-refractivity contribution in [2.75, 3.05) is 0 Å². The molecular formula is C14H25O2Si. The minimum atomic E-state index is -1.60. The van der Waals surface area contributed by atoms with Crippen molar-refractivity contribution in [3.05, 3.63) is 6.42 Å². The molecule has 2 aliphatic carbocycles. The first-order valence-corrected chi connectivity index (χ1v) is 10.4. The van der Waals surface area contributed by atoms with Crippen LogP contribution in [0.25, 0.3) is 0 Å². The number of hydrogen-bond acceptors (Lipinski definition) is 2. The van der Waals surface area contributed by atoms with E-state index in [2.05, 4.69) is 26.1 Å². The second kappa shape index (κ2) is 4.85. The van der Waals surface area contributed by atoms with Gasteiger partial charge in [0.1, 0.15) is 5.78 Å². The van der Waals surface area contributed by atoms with Crippen molar-refractivity contribution in [1.82, 2.24) is 0 Å². The van der Waals surface area contributed by atoms with Gasteiger partial charge >= 0.3 is 0 Å². The van der Waals surface area contributed by atoms with Gasteiger partial charge in [-0.05, 0) is 51.7 Å². The maximum atomic E-state index is 12.3. The zero-order chi connectivity index (χ0) is 12.5. The van der Waals surface area contributed by atoms with E-state index < -0.39 is 8.32 Å². The summed E-state index contributed by atoms with van der Waals surface area (Å²) in [7, 11) is -1.60. The van der Waals surface area contributed by atoms with Gasteiger partial charge in [-0.3, -0.25) is 4.79 Å². The first-order chi connectivity index (χ1) is 7.93. The van der Waals surface area contributed by atoms with Crippen LogP contribution in [0.15, 0.2) is 0 Å². The molecule has 2 nitrogen and oxygen atoms in total. The molecule has 0 aromatic carbocycles. The van der Waals surface area contributed by atoms with Crippen LogP contribution in [0.2, 0.25) is 19.6 Å². The molecule has 0 bridgehead atoms. The van der Waals surface area contributed by atoms with Gasteiger partial charge in [-0.25, -0.2) is 0 Å². The molecule has 1 radical (unpaired) electrons. The van der Waals surface area contributed by atoms with E-state index in [0.29, 0.717) is 5.78 Å². The summed E-state index contributed by atoms with van der Waals surface area (Å²) in [6.45, 7) is 6.70. The molecule has 0 saturated heterocycles. The van der Waals surface area contributed by atoms with Gasteiger partial charge in [-0.1, -0.05) is 12.8 Å². The minimum Gasteiger partial charge on any atom is -0.411 e. The van der Waals surface area contributed by atoms with Crippen molar-refractivity contribution < 1.29 is 9.22 Å². The lowest BCUT2D eigenvalue weighted by molar-refractivity contribution is -0.130. The highest BCUT2D eigenvalue weighted by Gasteiger charge is 2.48. The quantitative estimate of drug-likeness (QED) is 0.701. The van der Waals surface area contributed by atoms with E-state index in [9.17, 15) is 4.79 Å². The molecule has 97 valence electrons. The van der Waals surface area contributed by atoms with Crippen molar-refractivity contribution in [3.8, 4) is 0 Å². The fraction of sp³-hybridized carbons (Fsp3) is 0.857. The number of carbonyl (C=O) groups is 1. The van der Waals surface area contributed by atoms with Gasteiger partial charge in [0, 0.05) is 12.3 Å². The predicted octanol–water partition coefficient (Wildman–Crippen LogP) is 3.72. The van der Waals surface area contributed by atoms with E-state index >= 15 is 0 Å².